The lowest BCUT2D eigenvalue weighted by atomic mass is 10.6. The van der Waals surface area contributed by atoms with E-state index in [2.05, 4.69) is 17.9 Å². The van der Waals surface area contributed by atoms with Crippen LogP contribution in [0.4, 0.5) is 4.79 Å². The van der Waals surface area contributed by atoms with Gasteiger partial charge in [0.15, 0.2) is 0 Å². The van der Waals surface area contributed by atoms with E-state index in [1.807, 2.05) is 0 Å². The smallest absolute Gasteiger partial charge is 0.422 e. The fourth-order valence-corrected chi connectivity index (χ4v) is 1.79. The maximum atomic E-state index is 11.6. The van der Waals surface area contributed by atoms with Gasteiger partial charge in [0.05, 0.1) is 6.54 Å². The third-order valence-corrected chi connectivity index (χ3v) is 2.90. The van der Waals surface area contributed by atoms with E-state index in [9.17, 15) is 18.0 Å². The van der Waals surface area contributed by atoms with Gasteiger partial charge in [0.25, 0.3) is 0 Å². The molecule has 0 aromatic rings. The lowest BCUT2D eigenvalue weighted by Gasteiger charge is -2.17. The van der Waals surface area contributed by atoms with Crippen molar-refractivity contribution in [2.45, 2.75) is 0 Å². The van der Waals surface area contributed by atoms with Crippen LogP contribution in [0.15, 0.2) is 25.3 Å². The first-order valence-corrected chi connectivity index (χ1v) is 6.02. The zero-order chi connectivity index (χ0) is 13.3. The van der Waals surface area contributed by atoms with Crippen molar-refractivity contribution in [1.82, 2.24) is 9.03 Å². The molecule has 0 saturated carbocycles. The molecule has 0 aliphatic heterocycles. The minimum absolute atomic E-state index is 0.0944. The number of amides is 1. The summed E-state index contributed by atoms with van der Waals surface area (Å²) in [6.07, 6.45) is 1.85. The molecule has 96 valence electrons. The molecular weight excluding hydrogens is 248 g/mol. The highest BCUT2D eigenvalue weighted by Crippen LogP contribution is 1.97. The molecule has 0 rings (SSSR count). The number of hydrogen-bond donors (Lipinski definition) is 1. The molecule has 7 nitrogen and oxygen atoms in total. The second-order valence-corrected chi connectivity index (χ2v) is 4.44. The summed E-state index contributed by atoms with van der Waals surface area (Å²) in [4.78, 5) is 21.3. The average molecular weight is 262 g/mol. The summed E-state index contributed by atoms with van der Waals surface area (Å²) in [7, 11) is -4.10. The van der Waals surface area contributed by atoms with Crippen LogP contribution in [0.2, 0.25) is 0 Å². The predicted molar refractivity (Wildman–Crippen MR) is 61.4 cm³/mol. The minimum atomic E-state index is -4.10. The van der Waals surface area contributed by atoms with Crippen LogP contribution in [-0.2, 0) is 19.7 Å². The van der Waals surface area contributed by atoms with Crippen LogP contribution in [0, 0.1) is 0 Å². The van der Waals surface area contributed by atoms with Gasteiger partial charge in [-0.1, -0.05) is 18.7 Å². The Balaban J connectivity index is 4.60. The Morgan fingerprint density at radius 2 is 1.94 bits per heavy atom. The Morgan fingerprint density at radius 1 is 1.29 bits per heavy atom. The first-order valence-electron chi connectivity index (χ1n) is 4.58. The van der Waals surface area contributed by atoms with Crippen molar-refractivity contribution < 1.29 is 22.7 Å². The van der Waals surface area contributed by atoms with Gasteiger partial charge in [-0.25, -0.2) is 9.52 Å². The van der Waals surface area contributed by atoms with Crippen molar-refractivity contribution in [2.75, 3.05) is 19.7 Å². The van der Waals surface area contributed by atoms with Crippen molar-refractivity contribution in [3.63, 3.8) is 0 Å². The molecule has 1 N–H and O–H groups in total. The molecular formula is C9H14N2O5S. The molecule has 0 fully saturated rings. The molecule has 0 heterocycles. The minimum Gasteiger partial charge on any atom is -0.445 e. The summed E-state index contributed by atoms with van der Waals surface area (Å²) in [5.41, 5.74) is 0. The molecule has 1 amide bonds. The number of rotatable bonds is 8. The molecule has 0 bridgehead atoms. The number of carbonyl (C=O) groups excluding carboxylic acids is 2. The number of aldehydes is 1. The Morgan fingerprint density at radius 3 is 2.41 bits per heavy atom. The Kier molecular flexibility index (Phi) is 6.83. The highest BCUT2D eigenvalue weighted by Gasteiger charge is 2.23. The quantitative estimate of drug-likeness (QED) is 0.484. The van der Waals surface area contributed by atoms with Crippen molar-refractivity contribution >= 4 is 22.6 Å². The lowest BCUT2D eigenvalue weighted by Crippen LogP contribution is -2.44. The second-order valence-electron chi connectivity index (χ2n) is 2.77. The van der Waals surface area contributed by atoms with Gasteiger partial charge in [-0.15, -0.1) is 6.58 Å². The maximum absolute atomic E-state index is 11.6. The van der Waals surface area contributed by atoms with Crippen LogP contribution >= 0.6 is 0 Å². The zero-order valence-electron chi connectivity index (χ0n) is 9.16. The van der Waals surface area contributed by atoms with Crippen molar-refractivity contribution in [3.05, 3.63) is 25.3 Å². The molecule has 8 heteroatoms. The SMILES string of the molecule is C=CCOC(=O)NS(=O)(=O)N(CC=C)CC=O. The van der Waals surface area contributed by atoms with Crippen molar-refractivity contribution in [3.8, 4) is 0 Å². The largest absolute Gasteiger partial charge is 0.445 e. The monoisotopic (exact) mass is 262 g/mol. The zero-order valence-corrected chi connectivity index (χ0v) is 9.98. The molecule has 0 aliphatic rings. The third-order valence-electron chi connectivity index (χ3n) is 1.50. The topological polar surface area (TPSA) is 92.8 Å². The van der Waals surface area contributed by atoms with Gasteiger partial charge in [-0.2, -0.15) is 12.7 Å². The van der Waals surface area contributed by atoms with Gasteiger partial charge in [-0.05, 0) is 0 Å². The molecule has 0 radical (unpaired) electrons. The lowest BCUT2D eigenvalue weighted by molar-refractivity contribution is -0.108. The van der Waals surface area contributed by atoms with Gasteiger partial charge < -0.3 is 9.53 Å². The third kappa shape index (κ3) is 5.83. The van der Waals surface area contributed by atoms with E-state index in [0.29, 0.717) is 6.29 Å². The summed E-state index contributed by atoms with van der Waals surface area (Å²) < 4.78 is 30.0. The van der Waals surface area contributed by atoms with Crippen LogP contribution in [0.25, 0.3) is 0 Å². The highest BCUT2D eigenvalue weighted by atomic mass is 32.2. The van der Waals surface area contributed by atoms with Crippen LogP contribution in [-0.4, -0.2) is 44.8 Å². The Hall–Kier alpha value is -1.67. The molecule has 0 atom stereocenters. The number of ether oxygens (including phenoxy) is 1. The van der Waals surface area contributed by atoms with E-state index in [1.165, 1.54) is 12.2 Å². The van der Waals surface area contributed by atoms with Crippen LogP contribution in [0.1, 0.15) is 0 Å². The van der Waals surface area contributed by atoms with E-state index < -0.39 is 16.3 Å². The van der Waals surface area contributed by atoms with Crippen LogP contribution in [0.3, 0.4) is 0 Å². The number of carbonyl (C=O) groups is 2. The molecule has 0 saturated heterocycles. The highest BCUT2D eigenvalue weighted by molar-refractivity contribution is 7.87. The summed E-state index contributed by atoms with van der Waals surface area (Å²) in [5, 5.41) is 0. The summed E-state index contributed by atoms with van der Waals surface area (Å²) >= 11 is 0. The van der Waals surface area contributed by atoms with E-state index >= 15 is 0 Å². The van der Waals surface area contributed by atoms with Crippen molar-refractivity contribution in [2.24, 2.45) is 0 Å². The van der Waals surface area contributed by atoms with Crippen LogP contribution in [0.5, 0.6) is 0 Å². The molecule has 0 aromatic carbocycles. The van der Waals surface area contributed by atoms with Crippen molar-refractivity contribution in [1.29, 1.82) is 0 Å². The maximum Gasteiger partial charge on any atom is 0.422 e. The average Bonchev–Trinajstić information content (AvgIpc) is 2.25. The molecule has 17 heavy (non-hydrogen) atoms. The fourth-order valence-electron chi connectivity index (χ4n) is 0.832. The predicted octanol–water partition coefficient (Wildman–Crippen LogP) is -0.170. The van der Waals surface area contributed by atoms with Gasteiger partial charge in [0, 0.05) is 6.54 Å². The first kappa shape index (κ1) is 15.3. The number of hydrogen-bond acceptors (Lipinski definition) is 5. The first-order chi connectivity index (χ1) is 7.97. The van der Waals surface area contributed by atoms with Gasteiger partial charge in [0.2, 0.25) is 0 Å². The fraction of sp³-hybridized carbons (Fsp3) is 0.333. The normalized spacial score (nSPS) is 10.6. The van der Waals surface area contributed by atoms with E-state index in [0.717, 1.165) is 4.31 Å². The van der Waals surface area contributed by atoms with Gasteiger partial charge in [-0.3, -0.25) is 0 Å². The molecule has 0 aromatic heterocycles. The summed E-state index contributed by atoms with van der Waals surface area (Å²) in [6.45, 7) is 6.06. The number of nitrogens with one attached hydrogen (secondary N) is 1. The van der Waals surface area contributed by atoms with E-state index in [4.69, 9.17) is 0 Å². The Labute approximate surface area is 99.9 Å². The standard InChI is InChI=1S/C9H14N2O5S/c1-3-5-11(6-7-12)17(14,15)10-9(13)16-8-4-2/h3-4,7H,1-2,5-6,8H2,(H,10,13). The molecule has 0 spiro atoms. The van der Waals surface area contributed by atoms with Gasteiger partial charge >= 0.3 is 16.3 Å². The van der Waals surface area contributed by atoms with Gasteiger partial charge in [0.1, 0.15) is 12.9 Å². The molecule has 0 unspecified atom stereocenters. The van der Waals surface area contributed by atoms with Crippen LogP contribution < -0.4 is 4.72 Å². The van der Waals surface area contributed by atoms with E-state index in [-0.39, 0.29) is 19.7 Å². The number of nitrogens with zero attached hydrogens (tertiary/aromatic N) is 1. The second kappa shape index (κ2) is 7.58. The molecule has 0 aliphatic carbocycles. The summed E-state index contributed by atoms with van der Waals surface area (Å²) in [5.74, 6) is 0. The summed E-state index contributed by atoms with van der Waals surface area (Å²) in [6, 6.07) is 0. The Bertz CT molecular complexity index is 380. The van der Waals surface area contributed by atoms with E-state index in [1.54, 1.807) is 4.72 Å².